The third-order valence-electron chi connectivity index (χ3n) is 1.86. The van der Waals surface area contributed by atoms with Crippen LogP contribution in [0.3, 0.4) is 0 Å². The van der Waals surface area contributed by atoms with Crippen LogP contribution in [0.5, 0.6) is 0 Å². The minimum atomic E-state index is -0.589. The molecule has 3 nitrogen and oxygen atoms in total. The Labute approximate surface area is 92.5 Å². The molecule has 0 heterocycles. The number of carbonyl (C=O) groups is 2. The average Bonchev–Trinajstić information content (AvgIpc) is 2.26. The van der Waals surface area contributed by atoms with E-state index < -0.39 is 5.97 Å². The SMILES string of the molecule is COC(=O)CC(=O)/C=C/c1cccc(F)c1. The first-order valence-electron chi connectivity index (χ1n) is 4.65. The third-order valence-corrected chi connectivity index (χ3v) is 1.86. The van der Waals surface area contributed by atoms with E-state index in [0.29, 0.717) is 5.56 Å². The van der Waals surface area contributed by atoms with Gasteiger partial charge in [-0.3, -0.25) is 9.59 Å². The number of benzene rings is 1. The van der Waals surface area contributed by atoms with Gasteiger partial charge in [0.2, 0.25) is 0 Å². The number of rotatable bonds is 4. The van der Waals surface area contributed by atoms with Gasteiger partial charge in [0.15, 0.2) is 5.78 Å². The second-order valence-electron chi connectivity index (χ2n) is 3.11. The summed E-state index contributed by atoms with van der Waals surface area (Å²) < 4.78 is 17.1. The van der Waals surface area contributed by atoms with E-state index >= 15 is 0 Å². The fraction of sp³-hybridized carbons (Fsp3) is 0.167. The van der Waals surface area contributed by atoms with Gasteiger partial charge in [0.1, 0.15) is 12.2 Å². The summed E-state index contributed by atoms with van der Waals surface area (Å²) in [5.74, 6) is -1.34. The van der Waals surface area contributed by atoms with E-state index in [9.17, 15) is 14.0 Å². The van der Waals surface area contributed by atoms with Gasteiger partial charge < -0.3 is 4.74 Å². The van der Waals surface area contributed by atoms with E-state index in [1.807, 2.05) is 0 Å². The molecule has 0 atom stereocenters. The molecule has 0 fully saturated rings. The standard InChI is InChI=1S/C12H11FO3/c1-16-12(15)8-11(14)6-5-9-3-2-4-10(13)7-9/h2-7H,8H2,1H3/b6-5+. The quantitative estimate of drug-likeness (QED) is 0.444. The monoisotopic (exact) mass is 222 g/mol. The van der Waals surface area contributed by atoms with Crippen LogP contribution in [0.1, 0.15) is 12.0 Å². The second kappa shape index (κ2) is 5.80. The highest BCUT2D eigenvalue weighted by molar-refractivity contribution is 6.03. The highest BCUT2D eigenvalue weighted by Crippen LogP contribution is 2.05. The van der Waals surface area contributed by atoms with Gasteiger partial charge in [0, 0.05) is 0 Å². The molecule has 1 aromatic rings. The number of methoxy groups -OCH3 is 1. The molecule has 0 N–H and O–H groups in total. The zero-order chi connectivity index (χ0) is 12.0. The molecule has 0 aromatic heterocycles. The summed E-state index contributed by atoms with van der Waals surface area (Å²) in [6.45, 7) is 0. The van der Waals surface area contributed by atoms with Gasteiger partial charge in [-0.15, -0.1) is 0 Å². The van der Waals surface area contributed by atoms with Crippen molar-refractivity contribution < 1.29 is 18.7 Å². The zero-order valence-electron chi connectivity index (χ0n) is 8.77. The van der Waals surface area contributed by atoms with Gasteiger partial charge in [0.25, 0.3) is 0 Å². The average molecular weight is 222 g/mol. The first-order chi connectivity index (χ1) is 7.61. The van der Waals surface area contributed by atoms with Gasteiger partial charge in [-0.25, -0.2) is 4.39 Å². The number of hydrogen-bond donors (Lipinski definition) is 0. The zero-order valence-corrected chi connectivity index (χ0v) is 8.77. The molecule has 1 rings (SSSR count). The lowest BCUT2D eigenvalue weighted by Gasteiger charge is -1.95. The van der Waals surface area contributed by atoms with Gasteiger partial charge in [-0.1, -0.05) is 18.2 Å². The first-order valence-corrected chi connectivity index (χ1v) is 4.65. The van der Waals surface area contributed by atoms with Gasteiger partial charge in [-0.2, -0.15) is 0 Å². The summed E-state index contributed by atoms with van der Waals surface area (Å²) >= 11 is 0. The number of ether oxygens (including phenoxy) is 1. The molecule has 0 aliphatic heterocycles. The van der Waals surface area contributed by atoms with Crippen molar-refractivity contribution in [2.45, 2.75) is 6.42 Å². The maximum Gasteiger partial charge on any atom is 0.313 e. The number of ketones is 1. The molecule has 0 saturated heterocycles. The number of allylic oxidation sites excluding steroid dienone is 1. The normalized spacial score (nSPS) is 10.4. The lowest BCUT2D eigenvalue weighted by Crippen LogP contribution is -2.06. The maximum atomic E-state index is 12.8. The third kappa shape index (κ3) is 4.04. The first kappa shape index (κ1) is 12.1. The Kier molecular flexibility index (Phi) is 4.39. The number of hydrogen-bond acceptors (Lipinski definition) is 3. The molecule has 4 heteroatoms. The molecule has 0 aliphatic carbocycles. The van der Waals surface area contributed by atoms with Crippen LogP contribution in [0, 0.1) is 5.82 Å². The Morgan fingerprint density at radius 1 is 1.44 bits per heavy atom. The number of halogens is 1. The van der Waals surface area contributed by atoms with Crippen LogP contribution < -0.4 is 0 Å². The van der Waals surface area contributed by atoms with Crippen molar-refractivity contribution in [1.29, 1.82) is 0 Å². The van der Waals surface area contributed by atoms with Crippen molar-refractivity contribution >= 4 is 17.8 Å². The molecule has 16 heavy (non-hydrogen) atoms. The summed E-state index contributed by atoms with van der Waals surface area (Å²) in [5, 5.41) is 0. The van der Waals surface area contributed by atoms with Crippen LogP contribution in [-0.4, -0.2) is 18.9 Å². The summed E-state index contributed by atoms with van der Waals surface area (Å²) in [5.41, 5.74) is 0.568. The molecule has 0 saturated carbocycles. The molecule has 84 valence electrons. The highest BCUT2D eigenvalue weighted by Gasteiger charge is 2.05. The topological polar surface area (TPSA) is 43.4 Å². The fourth-order valence-corrected chi connectivity index (χ4v) is 1.07. The molecular weight excluding hydrogens is 211 g/mol. The molecule has 0 spiro atoms. The summed E-state index contributed by atoms with van der Waals surface area (Å²) in [6, 6.07) is 5.81. The van der Waals surface area contributed by atoms with Crippen molar-refractivity contribution in [2.75, 3.05) is 7.11 Å². The lowest BCUT2D eigenvalue weighted by molar-refractivity contribution is -0.142. The van der Waals surface area contributed by atoms with E-state index in [0.717, 1.165) is 0 Å². The Balaban J connectivity index is 2.60. The van der Waals surface area contributed by atoms with Gasteiger partial charge >= 0.3 is 5.97 Å². The molecule has 0 aliphatic rings. The predicted octanol–water partition coefficient (Wildman–Crippen LogP) is 1.97. The van der Waals surface area contributed by atoms with Crippen LogP contribution in [0.25, 0.3) is 6.08 Å². The molecule has 1 aromatic carbocycles. The van der Waals surface area contributed by atoms with E-state index in [1.165, 1.54) is 31.4 Å². The predicted molar refractivity (Wildman–Crippen MR) is 57.1 cm³/mol. The van der Waals surface area contributed by atoms with Crippen LogP contribution in [-0.2, 0) is 14.3 Å². The fourth-order valence-electron chi connectivity index (χ4n) is 1.07. The lowest BCUT2D eigenvalue weighted by atomic mass is 10.1. The van der Waals surface area contributed by atoms with E-state index in [1.54, 1.807) is 12.1 Å². The Morgan fingerprint density at radius 2 is 2.19 bits per heavy atom. The molecule has 0 unspecified atom stereocenters. The Hall–Kier alpha value is -1.97. The summed E-state index contributed by atoms with van der Waals surface area (Å²) in [6.07, 6.45) is 2.38. The largest absolute Gasteiger partial charge is 0.469 e. The smallest absolute Gasteiger partial charge is 0.313 e. The van der Waals surface area contributed by atoms with Crippen molar-refractivity contribution in [3.05, 3.63) is 41.7 Å². The molecular formula is C12H11FO3. The van der Waals surface area contributed by atoms with E-state index in [4.69, 9.17) is 0 Å². The molecule has 0 radical (unpaired) electrons. The van der Waals surface area contributed by atoms with Crippen molar-refractivity contribution in [3.63, 3.8) is 0 Å². The van der Waals surface area contributed by atoms with Crippen molar-refractivity contribution in [2.24, 2.45) is 0 Å². The van der Waals surface area contributed by atoms with Crippen molar-refractivity contribution in [3.8, 4) is 0 Å². The van der Waals surface area contributed by atoms with Crippen molar-refractivity contribution in [1.82, 2.24) is 0 Å². The highest BCUT2D eigenvalue weighted by atomic mass is 19.1. The van der Waals surface area contributed by atoms with Gasteiger partial charge in [-0.05, 0) is 23.8 Å². The Morgan fingerprint density at radius 3 is 2.81 bits per heavy atom. The van der Waals surface area contributed by atoms with Crippen LogP contribution >= 0.6 is 0 Å². The van der Waals surface area contributed by atoms with E-state index in [-0.39, 0.29) is 18.0 Å². The molecule has 0 amide bonds. The number of esters is 1. The summed E-state index contributed by atoms with van der Waals surface area (Å²) in [7, 11) is 1.21. The number of carbonyl (C=O) groups excluding carboxylic acids is 2. The van der Waals surface area contributed by atoms with E-state index in [2.05, 4.69) is 4.74 Å². The Bertz CT molecular complexity index is 424. The van der Waals surface area contributed by atoms with Crippen LogP contribution in [0.2, 0.25) is 0 Å². The van der Waals surface area contributed by atoms with Gasteiger partial charge in [0.05, 0.1) is 7.11 Å². The summed E-state index contributed by atoms with van der Waals surface area (Å²) in [4.78, 5) is 21.9. The second-order valence-corrected chi connectivity index (χ2v) is 3.11. The van der Waals surface area contributed by atoms with Crippen LogP contribution in [0.15, 0.2) is 30.3 Å². The maximum absolute atomic E-state index is 12.8. The van der Waals surface area contributed by atoms with Crippen LogP contribution in [0.4, 0.5) is 4.39 Å². The minimum absolute atomic E-state index is 0.303. The molecule has 0 bridgehead atoms. The minimum Gasteiger partial charge on any atom is -0.469 e.